The number of rotatable bonds is 1. The fourth-order valence-electron chi connectivity index (χ4n) is 2.02. The second-order valence-electron chi connectivity index (χ2n) is 4.24. The van der Waals surface area contributed by atoms with Gasteiger partial charge in [-0.05, 0) is 31.4 Å². The van der Waals surface area contributed by atoms with Crippen LogP contribution in [0.4, 0.5) is 4.39 Å². The molecule has 0 aromatic heterocycles. The van der Waals surface area contributed by atoms with Crippen molar-refractivity contribution in [2.45, 2.75) is 19.3 Å². The van der Waals surface area contributed by atoms with Crippen molar-refractivity contribution in [3.63, 3.8) is 0 Å². The van der Waals surface area contributed by atoms with Gasteiger partial charge in [0.1, 0.15) is 19.4 Å². The fraction of sp³-hybridized carbons (Fsp3) is 0.417. The van der Waals surface area contributed by atoms with Crippen molar-refractivity contribution in [1.82, 2.24) is 4.90 Å². The molecule has 1 fully saturated rings. The maximum Gasteiger partial charge on any atom is 0.257 e. The summed E-state index contributed by atoms with van der Waals surface area (Å²) in [6, 6.07) is 2.08. The Morgan fingerprint density at radius 3 is 2.59 bits per heavy atom. The highest BCUT2D eigenvalue weighted by Gasteiger charge is 2.21. The lowest BCUT2D eigenvalue weighted by Crippen LogP contribution is -2.35. The van der Waals surface area contributed by atoms with Gasteiger partial charge in [-0.3, -0.25) is 4.79 Å². The van der Waals surface area contributed by atoms with E-state index in [0.29, 0.717) is 13.1 Å². The van der Waals surface area contributed by atoms with Gasteiger partial charge in [0.05, 0.1) is 5.56 Å². The van der Waals surface area contributed by atoms with Crippen LogP contribution in [-0.4, -0.2) is 36.8 Å². The second-order valence-corrected chi connectivity index (χ2v) is 4.24. The Morgan fingerprint density at radius 1 is 1.29 bits per heavy atom. The van der Waals surface area contributed by atoms with Crippen molar-refractivity contribution in [2.24, 2.45) is 0 Å². The summed E-state index contributed by atoms with van der Waals surface area (Å²) in [5.74, 6) is -1.27. The Balaban J connectivity index is 2.26. The molecule has 0 spiro atoms. The minimum atomic E-state index is -0.678. The molecule has 1 heterocycles. The lowest BCUT2D eigenvalue weighted by Gasteiger charge is -2.27. The van der Waals surface area contributed by atoms with Gasteiger partial charge in [0.25, 0.3) is 5.91 Å². The Morgan fingerprint density at radius 2 is 1.94 bits per heavy atom. The third-order valence-electron chi connectivity index (χ3n) is 2.99. The number of amides is 1. The molecular formula is C12H13BFNO2. The number of carbonyl (C=O) groups excluding carboxylic acids is 1. The number of benzene rings is 1. The lowest BCUT2D eigenvalue weighted by molar-refractivity contribution is 0.0721. The highest BCUT2D eigenvalue weighted by atomic mass is 19.1. The van der Waals surface area contributed by atoms with E-state index in [-0.39, 0.29) is 22.7 Å². The van der Waals surface area contributed by atoms with Gasteiger partial charge < -0.3 is 10.0 Å². The molecule has 88 valence electrons. The van der Waals surface area contributed by atoms with E-state index < -0.39 is 5.82 Å². The highest BCUT2D eigenvalue weighted by Crippen LogP contribution is 2.20. The summed E-state index contributed by atoms with van der Waals surface area (Å²) in [6.07, 6.45) is 3.00. The van der Waals surface area contributed by atoms with Crippen LogP contribution >= 0.6 is 0 Å². The van der Waals surface area contributed by atoms with Crippen molar-refractivity contribution in [3.05, 3.63) is 23.5 Å². The van der Waals surface area contributed by atoms with Crippen LogP contribution in [0.25, 0.3) is 0 Å². The van der Waals surface area contributed by atoms with Crippen molar-refractivity contribution >= 4 is 19.2 Å². The van der Waals surface area contributed by atoms with Gasteiger partial charge >= 0.3 is 0 Å². The van der Waals surface area contributed by atoms with Gasteiger partial charge in [0.15, 0.2) is 0 Å². The smallest absolute Gasteiger partial charge is 0.257 e. The van der Waals surface area contributed by atoms with Gasteiger partial charge in [0.2, 0.25) is 0 Å². The summed E-state index contributed by atoms with van der Waals surface area (Å²) >= 11 is 0. The van der Waals surface area contributed by atoms with Crippen LogP contribution in [0, 0.1) is 5.82 Å². The Labute approximate surface area is 101 Å². The molecule has 0 saturated carbocycles. The number of phenolic OH excluding ortho intramolecular Hbond substituents is 1. The Bertz CT molecular complexity index is 444. The SMILES string of the molecule is [B]c1cc(O)c(C(=O)N2CCCCC2)cc1F. The molecule has 0 unspecified atom stereocenters. The number of carbonyl (C=O) groups is 1. The first-order valence-corrected chi connectivity index (χ1v) is 5.67. The van der Waals surface area contributed by atoms with Crippen LogP contribution in [0.3, 0.4) is 0 Å². The number of hydrogen-bond donors (Lipinski definition) is 1. The van der Waals surface area contributed by atoms with E-state index in [9.17, 15) is 14.3 Å². The number of aromatic hydroxyl groups is 1. The van der Waals surface area contributed by atoms with Crippen LogP contribution in [-0.2, 0) is 0 Å². The molecule has 5 heteroatoms. The molecular weight excluding hydrogens is 220 g/mol. The standard InChI is InChI=1S/C12H13BFNO2/c13-9-7-11(16)8(6-10(9)14)12(17)15-4-2-1-3-5-15/h6-7,16H,1-5H2. The van der Waals surface area contributed by atoms with Crippen LogP contribution in [0.5, 0.6) is 5.75 Å². The topological polar surface area (TPSA) is 40.5 Å². The molecule has 0 aliphatic carbocycles. The van der Waals surface area contributed by atoms with Crippen molar-refractivity contribution in [2.75, 3.05) is 13.1 Å². The number of likely N-dealkylation sites (tertiary alicyclic amines) is 1. The molecule has 3 nitrogen and oxygen atoms in total. The van der Waals surface area contributed by atoms with E-state index in [2.05, 4.69) is 0 Å². The summed E-state index contributed by atoms with van der Waals surface area (Å²) in [5, 5.41) is 9.62. The summed E-state index contributed by atoms with van der Waals surface area (Å²) in [5.41, 5.74) is -0.170. The zero-order chi connectivity index (χ0) is 12.4. The first-order chi connectivity index (χ1) is 8.09. The minimum Gasteiger partial charge on any atom is -0.507 e. The van der Waals surface area contributed by atoms with Gasteiger partial charge in [-0.1, -0.05) is 5.46 Å². The van der Waals surface area contributed by atoms with Crippen LogP contribution in [0.2, 0.25) is 0 Å². The maximum atomic E-state index is 13.3. The number of piperidine rings is 1. The predicted molar refractivity (Wildman–Crippen MR) is 63.2 cm³/mol. The number of halogens is 1. The first-order valence-electron chi connectivity index (χ1n) is 5.67. The molecule has 2 radical (unpaired) electrons. The fourth-order valence-corrected chi connectivity index (χ4v) is 2.02. The zero-order valence-electron chi connectivity index (χ0n) is 9.45. The van der Waals surface area contributed by atoms with E-state index in [4.69, 9.17) is 7.85 Å². The molecule has 0 atom stereocenters. The average molecular weight is 233 g/mol. The molecule has 0 bridgehead atoms. The highest BCUT2D eigenvalue weighted by molar-refractivity contribution is 6.32. The number of hydrogen-bond acceptors (Lipinski definition) is 2. The normalized spacial score (nSPS) is 15.9. The van der Waals surface area contributed by atoms with Crippen LogP contribution < -0.4 is 5.46 Å². The average Bonchev–Trinajstić information content (AvgIpc) is 2.34. The molecule has 1 saturated heterocycles. The van der Waals surface area contributed by atoms with E-state index in [0.717, 1.165) is 31.4 Å². The first kappa shape index (κ1) is 12.0. The van der Waals surface area contributed by atoms with E-state index in [1.807, 2.05) is 0 Å². The van der Waals surface area contributed by atoms with Gasteiger partial charge in [-0.25, -0.2) is 4.39 Å². The van der Waals surface area contributed by atoms with Crippen molar-refractivity contribution < 1.29 is 14.3 Å². The number of phenols is 1. The summed E-state index contributed by atoms with van der Waals surface area (Å²) in [4.78, 5) is 13.7. The molecule has 1 N–H and O–H groups in total. The quantitative estimate of drug-likeness (QED) is 0.733. The zero-order valence-corrected chi connectivity index (χ0v) is 9.45. The van der Waals surface area contributed by atoms with Crippen molar-refractivity contribution in [1.29, 1.82) is 0 Å². The van der Waals surface area contributed by atoms with E-state index in [1.165, 1.54) is 0 Å². The Hall–Kier alpha value is -1.52. The molecule has 1 aliphatic rings. The second kappa shape index (κ2) is 4.78. The summed E-state index contributed by atoms with van der Waals surface area (Å²) < 4.78 is 13.3. The molecule has 17 heavy (non-hydrogen) atoms. The molecule has 1 aromatic rings. The van der Waals surface area contributed by atoms with E-state index in [1.54, 1.807) is 4.90 Å². The summed E-state index contributed by atoms with van der Waals surface area (Å²) in [7, 11) is 5.31. The Kier molecular flexibility index (Phi) is 3.36. The predicted octanol–water partition coefficient (Wildman–Crippen LogP) is 0.951. The van der Waals surface area contributed by atoms with Crippen molar-refractivity contribution in [3.8, 4) is 5.75 Å². The largest absolute Gasteiger partial charge is 0.507 e. The van der Waals surface area contributed by atoms with Crippen LogP contribution in [0.15, 0.2) is 12.1 Å². The molecule has 1 aliphatic heterocycles. The van der Waals surface area contributed by atoms with Gasteiger partial charge in [-0.15, -0.1) is 0 Å². The lowest BCUT2D eigenvalue weighted by atomic mass is 9.93. The minimum absolute atomic E-state index is 0.0152. The van der Waals surface area contributed by atoms with Crippen LogP contribution in [0.1, 0.15) is 29.6 Å². The third-order valence-corrected chi connectivity index (χ3v) is 2.99. The monoisotopic (exact) mass is 233 g/mol. The molecule has 1 amide bonds. The molecule has 2 rings (SSSR count). The maximum absolute atomic E-state index is 13.3. The van der Waals surface area contributed by atoms with Gasteiger partial charge in [-0.2, -0.15) is 0 Å². The number of nitrogens with zero attached hydrogens (tertiary/aromatic N) is 1. The van der Waals surface area contributed by atoms with E-state index >= 15 is 0 Å². The van der Waals surface area contributed by atoms with Gasteiger partial charge in [0, 0.05) is 13.1 Å². The molecule has 1 aromatic carbocycles. The third kappa shape index (κ3) is 2.43. The summed E-state index contributed by atoms with van der Waals surface area (Å²) in [6.45, 7) is 1.31.